The number of aliphatic carboxylic acids is 1. The number of nitrogens with zero attached hydrogens (tertiary/aromatic N) is 2. The van der Waals surface area contributed by atoms with Crippen LogP contribution in [-0.4, -0.2) is 71.7 Å². The monoisotopic (exact) mass is 283 g/mol. The van der Waals surface area contributed by atoms with Crippen molar-refractivity contribution < 1.29 is 9.90 Å². The largest absolute Gasteiger partial charge is 0.480 e. The maximum atomic E-state index is 11.6. The number of carbonyl (C=O) groups is 1. The van der Waals surface area contributed by atoms with E-state index in [0.29, 0.717) is 18.6 Å². The Labute approximate surface area is 122 Å². The Hall–Kier alpha value is -0.650. The lowest BCUT2D eigenvalue weighted by atomic mass is 10.00. The molecule has 0 amide bonds. The number of hydrogen-bond acceptors (Lipinski definition) is 4. The summed E-state index contributed by atoms with van der Waals surface area (Å²) in [6.07, 6.45) is 4.68. The predicted molar refractivity (Wildman–Crippen MR) is 80.0 cm³/mol. The van der Waals surface area contributed by atoms with E-state index in [2.05, 4.69) is 29.1 Å². The first kappa shape index (κ1) is 15.7. The van der Waals surface area contributed by atoms with Crippen molar-refractivity contribution >= 4 is 5.97 Å². The van der Waals surface area contributed by atoms with Crippen molar-refractivity contribution in [2.24, 2.45) is 0 Å². The summed E-state index contributed by atoms with van der Waals surface area (Å²) in [6.45, 7) is 7.25. The third kappa shape index (κ3) is 3.32. The number of hydrogen-bond donors (Lipinski definition) is 2. The van der Waals surface area contributed by atoms with Crippen molar-refractivity contribution in [3.8, 4) is 0 Å². The van der Waals surface area contributed by atoms with Gasteiger partial charge in [0.05, 0.1) is 0 Å². The summed E-state index contributed by atoms with van der Waals surface area (Å²) in [4.78, 5) is 16.5. The van der Waals surface area contributed by atoms with Crippen LogP contribution in [0.4, 0.5) is 0 Å². The number of rotatable bonds is 6. The van der Waals surface area contributed by atoms with E-state index in [0.717, 1.165) is 32.5 Å². The third-order valence-corrected chi connectivity index (χ3v) is 5.01. The van der Waals surface area contributed by atoms with E-state index in [1.807, 2.05) is 6.92 Å². The topological polar surface area (TPSA) is 55.8 Å². The number of carboxylic acids is 1. The van der Waals surface area contributed by atoms with Crippen molar-refractivity contribution in [1.82, 2.24) is 15.1 Å². The Morgan fingerprint density at radius 1 is 1.35 bits per heavy atom. The fourth-order valence-corrected chi connectivity index (χ4v) is 3.57. The van der Waals surface area contributed by atoms with E-state index in [9.17, 15) is 9.90 Å². The van der Waals surface area contributed by atoms with Crippen LogP contribution in [0, 0.1) is 0 Å². The molecule has 0 spiro atoms. The van der Waals surface area contributed by atoms with Gasteiger partial charge in [0.1, 0.15) is 5.54 Å². The van der Waals surface area contributed by atoms with Crippen LogP contribution in [0.1, 0.15) is 39.5 Å². The number of likely N-dealkylation sites (N-methyl/N-ethyl adjacent to an activating group) is 1. The summed E-state index contributed by atoms with van der Waals surface area (Å²) in [7, 11) is 2.22. The molecule has 2 aliphatic heterocycles. The third-order valence-electron chi connectivity index (χ3n) is 5.01. The van der Waals surface area contributed by atoms with Crippen LogP contribution in [0.25, 0.3) is 0 Å². The van der Waals surface area contributed by atoms with Crippen LogP contribution in [-0.2, 0) is 4.79 Å². The number of carboxylic acid groups (broad SMARTS) is 1. The highest BCUT2D eigenvalue weighted by Crippen LogP contribution is 2.29. The molecule has 0 aromatic heterocycles. The molecule has 0 aromatic rings. The van der Waals surface area contributed by atoms with Crippen LogP contribution in [0.3, 0.4) is 0 Å². The van der Waals surface area contributed by atoms with Gasteiger partial charge in [0.25, 0.3) is 0 Å². The van der Waals surface area contributed by atoms with Crippen molar-refractivity contribution in [3.05, 3.63) is 0 Å². The molecule has 116 valence electrons. The van der Waals surface area contributed by atoms with E-state index in [1.54, 1.807) is 0 Å². The minimum atomic E-state index is -0.835. The summed E-state index contributed by atoms with van der Waals surface area (Å²) in [6, 6.07) is 1.30. The van der Waals surface area contributed by atoms with Crippen LogP contribution in [0.15, 0.2) is 0 Å². The molecule has 2 bridgehead atoms. The Bertz CT molecular complexity index is 350. The molecule has 5 heteroatoms. The minimum Gasteiger partial charge on any atom is -0.480 e. The molecule has 5 nitrogen and oxygen atoms in total. The summed E-state index contributed by atoms with van der Waals surface area (Å²) >= 11 is 0. The Kier molecular flexibility index (Phi) is 5.04. The van der Waals surface area contributed by atoms with Gasteiger partial charge in [-0.3, -0.25) is 14.6 Å². The molecule has 2 heterocycles. The van der Waals surface area contributed by atoms with Gasteiger partial charge in [-0.2, -0.15) is 0 Å². The van der Waals surface area contributed by atoms with Crippen molar-refractivity contribution in [1.29, 1.82) is 0 Å². The standard InChI is InChI=1S/C15H29N3O2/c1-4-8-16-15(2,14(19)20)11-18-9-7-12-5-6-13(10-18)17(12)3/h12-13,16H,4-11H2,1-3H3,(H,19,20). The minimum absolute atomic E-state index is 0.597. The van der Waals surface area contributed by atoms with Crippen LogP contribution in [0.5, 0.6) is 0 Å². The summed E-state index contributed by atoms with van der Waals surface area (Å²) in [5.74, 6) is -0.742. The molecular formula is C15H29N3O2. The van der Waals surface area contributed by atoms with E-state index in [-0.39, 0.29) is 0 Å². The fraction of sp³-hybridized carbons (Fsp3) is 0.933. The average molecular weight is 283 g/mol. The first-order chi connectivity index (χ1) is 9.46. The van der Waals surface area contributed by atoms with Crippen molar-refractivity contribution in [2.75, 3.05) is 33.2 Å². The Balaban J connectivity index is 1.98. The number of nitrogens with one attached hydrogen (secondary N) is 1. The maximum absolute atomic E-state index is 11.6. The first-order valence-corrected chi connectivity index (χ1v) is 7.89. The molecule has 2 fully saturated rings. The van der Waals surface area contributed by atoms with E-state index in [4.69, 9.17) is 0 Å². The molecule has 0 aliphatic carbocycles. The van der Waals surface area contributed by atoms with E-state index < -0.39 is 11.5 Å². The quantitative estimate of drug-likeness (QED) is 0.761. The average Bonchev–Trinajstić information content (AvgIpc) is 2.65. The molecule has 2 aliphatic rings. The molecule has 0 radical (unpaired) electrons. The zero-order chi connectivity index (χ0) is 14.8. The van der Waals surface area contributed by atoms with Gasteiger partial charge in [0.15, 0.2) is 0 Å². The van der Waals surface area contributed by atoms with Gasteiger partial charge in [0.2, 0.25) is 0 Å². The molecule has 0 saturated carbocycles. The molecule has 0 aromatic carbocycles. The van der Waals surface area contributed by atoms with Gasteiger partial charge >= 0.3 is 5.97 Å². The molecule has 2 saturated heterocycles. The zero-order valence-electron chi connectivity index (χ0n) is 13.1. The van der Waals surface area contributed by atoms with Crippen molar-refractivity contribution in [3.63, 3.8) is 0 Å². The van der Waals surface area contributed by atoms with Gasteiger partial charge in [-0.05, 0) is 52.7 Å². The highest BCUT2D eigenvalue weighted by Gasteiger charge is 2.39. The smallest absolute Gasteiger partial charge is 0.324 e. The Morgan fingerprint density at radius 3 is 2.70 bits per heavy atom. The second-order valence-corrected chi connectivity index (χ2v) is 6.64. The SMILES string of the molecule is CCCNC(C)(CN1CCC2CCC(C1)N2C)C(=O)O. The van der Waals surface area contributed by atoms with Gasteiger partial charge in [-0.25, -0.2) is 0 Å². The summed E-state index contributed by atoms with van der Waals surface area (Å²) < 4.78 is 0. The van der Waals surface area contributed by atoms with Gasteiger partial charge < -0.3 is 10.4 Å². The van der Waals surface area contributed by atoms with E-state index >= 15 is 0 Å². The fourth-order valence-electron chi connectivity index (χ4n) is 3.57. The number of likely N-dealkylation sites (tertiary alicyclic amines) is 1. The maximum Gasteiger partial charge on any atom is 0.324 e. The molecule has 2 N–H and O–H groups in total. The lowest BCUT2D eigenvalue weighted by Gasteiger charge is -2.34. The van der Waals surface area contributed by atoms with Crippen LogP contribution >= 0.6 is 0 Å². The van der Waals surface area contributed by atoms with Gasteiger partial charge in [-0.1, -0.05) is 6.92 Å². The highest BCUT2D eigenvalue weighted by atomic mass is 16.4. The molecule has 3 atom stereocenters. The number of fused-ring (bicyclic) bond motifs is 2. The second kappa shape index (κ2) is 6.41. The summed E-state index contributed by atoms with van der Waals surface area (Å²) in [5.41, 5.74) is -0.835. The van der Waals surface area contributed by atoms with Crippen LogP contribution < -0.4 is 5.32 Å². The molecule has 2 rings (SSSR count). The second-order valence-electron chi connectivity index (χ2n) is 6.64. The predicted octanol–water partition coefficient (Wildman–Crippen LogP) is 0.998. The van der Waals surface area contributed by atoms with Gasteiger partial charge in [0, 0.05) is 25.2 Å². The lowest BCUT2D eigenvalue weighted by Crippen LogP contribution is -2.58. The molecule has 3 unspecified atom stereocenters. The zero-order valence-corrected chi connectivity index (χ0v) is 13.1. The summed E-state index contributed by atoms with van der Waals surface area (Å²) in [5, 5.41) is 12.8. The van der Waals surface area contributed by atoms with E-state index in [1.165, 1.54) is 12.8 Å². The lowest BCUT2D eigenvalue weighted by molar-refractivity contribution is -0.145. The normalized spacial score (nSPS) is 30.9. The highest BCUT2D eigenvalue weighted by molar-refractivity contribution is 5.78. The van der Waals surface area contributed by atoms with Crippen molar-refractivity contribution in [2.45, 2.75) is 57.2 Å². The first-order valence-electron chi connectivity index (χ1n) is 7.89. The molecular weight excluding hydrogens is 254 g/mol. The van der Waals surface area contributed by atoms with Gasteiger partial charge in [-0.15, -0.1) is 0 Å². The van der Waals surface area contributed by atoms with Crippen LogP contribution in [0.2, 0.25) is 0 Å². The molecule has 20 heavy (non-hydrogen) atoms. The Morgan fingerprint density at radius 2 is 2.05 bits per heavy atom.